The van der Waals surface area contributed by atoms with Gasteiger partial charge in [-0.15, -0.1) is 0 Å². The van der Waals surface area contributed by atoms with Gasteiger partial charge in [-0.05, 0) is 24.0 Å². The molecule has 0 aliphatic heterocycles. The summed E-state index contributed by atoms with van der Waals surface area (Å²) >= 11 is 7.58. The van der Waals surface area contributed by atoms with Crippen molar-refractivity contribution in [1.82, 2.24) is 0 Å². The first-order chi connectivity index (χ1) is 4.83. The van der Waals surface area contributed by atoms with Crippen molar-refractivity contribution in [3.63, 3.8) is 0 Å². The van der Waals surface area contributed by atoms with E-state index in [0.717, 1.165) is 10.8 Å². The minimum absolute atomic E-state index is 0.826. The summed E-state index contributed by atoms with van der Waals surface area (Å²) < 4.78 is 0. The van der Waals surface area contributed by atoms with Gasteiger partial charge in [0.25, 0.3) is 0 Å². The summed E-state index contributed by atoms with van der Waals surface area (Å²) in [6, 6.07) is 7.96. The second kappa shape index (κ2) is 3.89. The average Bonchev–Trinajstić information content (AvgIpc) is 1.88. The van der Waals surface area contributed by atoms with Crippen molar-refractivity contribution in [3.05, 3.63) is 34.9 Å². The molecule has 0 heterocycles. The lowest BCUT2D eigenvalue weighted by molar-refractivity contribution is 1.42. The predicted molar refractivity (Wildman–Crippen MR) is 48.7 cm³/mol. The molecule has 0 amide bonds. The first-order valence-corrected chi connectivity index (χ1v) is 4.83. The molecule has 0 radical (unpaired) electrons. The zero-order chi connectivity index (χ0) is 7.40. The third kappa shape index (κ3) is 2.24. The van der Waals surface area contributed by atoms with Crippen LogP contribution in [0.5, 0.6) is 0 Å². The normalized spacial score (nSPS) is 9.80. The molecule has 0 bridgehead atoms. The number of hydrogen-bond acceptors (Lipinski definition) is 1. The Labute approximate surface area is 70.6 Å². The second-order valence-corrected chi connectivity index (χ2v) is 3.37. The monoisotopic (exact) mass is 172 g/mol. The standard InChI is InChI=1S/C8H9ClS/c1-10-6-7-3-2-4-8(9)5-7/h2-5H,6H2,1H3. The molecule has 0 unspecified atom stereocenters. The van der Waals surface area contributed by atoms with E-state index in [0.29, 0.717) is 0 Å². The highest BCUT2D eigenvalue weighted by atomic mass is 35.5. The fraction of sp³-hybridized carbons (Fsp3) is 0.250. The van der Waals surface area contributed by atoms with E-state index in [1.54, 1.807) is 11.8 Å². The molecule has 0 nitrogen and oxygen atoms in total. The Balaban J connectivity index is 2.75. The van der Waals surface area contributed by atoms with Gasteiger partial charge in [-0.2, -0.15) is 11.8 Å². The van der Waals surface area contributed by atoms with Crippen molar-refractivity contribution in [3.8, 4) is 0 Å². The molecule has 0 fully saturated rings. The molecule has 0 saturated heterocycles. The van der Waals surface area contributed by atoms with Crippen LogP contribution in [0.2, 0.25) is 5.02 Å². The molecule has 0 aromatic heterocycles. The van der Waals surface area contributed by atoms with Crippen LogP contribution in [0.4, 0.5) is 0 Å². The van der Waals surface area contributed by atoms with E-state index in [1.165, 1.54) is 5.56 Å². The lowest BCUT2D eigenvalue weighted by Gasteiger charge is -1.96. The summed E-state index contributed by atoms with van der Waals surface area (Å²) in [5.74, 6) is 1.04. The van der Waals surface area contributed by atoms with Crippen LogP contribution in [-0.4, -0.2) is 6.26 Å². The largest absolute Gasteiger partial charge is 0.161 e. The van der Waals surface area contributed by atoms with Crippen molar-refractivity contribution in [2.45, 2.75) is 5.75 Å². The van der Waals surface area contributed by atoms with Crippen LogP contribution in [0.1, 0.15) is 5.56 Å². The lowest BCUT2D eigenvalue weighted by Crippen LogP contribution is -1.76. The maximum Gasteiger partial charge on any atom is 0.0409 e. The Bertz CT molecular complexity index is 210. The van der Waals surface area contributed by atoms with Gasteiger partial charge in [0.15, 0.2) is 0 Å². The summed E-state index contributed by atoms with van der Waals surface area (Å²) in [6.45, 7) is 0. The fourth-order valence-electron chi connectivity index (χ4n) is 0.793. The number of halogens is 1. The van der Waals surface area contributed by atoms with Gasteiger partial charge in [-0.3, -0.25) is 0 Å². The van der Waals surface area contributed by atoms with E-state index < -0.39 is 0 Å². The van der Waals surface area contributed by atoms with Gasteiger partial charge in [0.1, 0.15) is 0 Å². The Kier molecular flexibility index (Phi) is 3.10. The summed E-state index contributed by atoms with van der Waals surface area (Å²) in [6.07, 6.45) is 2.08. The fourth-order valence-corrected chi connectivity index (χ4v) is 1.52. The van der Waals surface area contributed by atoms with Crippen molar-refractivity contribution < 1.29 is 0 Å². The molecule has 2 heteroatoms. The third-order valence-electron chi connectivity index (χ3n) is 1.20. The van der Waals surface area contributed by atoms with Crippen LogP contribution in [0.3, 0.4) is 0 Å². The van der Waals surface area contributed by atoms with Crippen LogP contribution < -0.4 is 0 Å². The van der Waals surface area contributed by atoms with E-state index >= 15 is 0 Å². The number of hydrogen-bond donors (Lipinski definition) is 0. The lowest BCUT2D eigenvalue weighted by atomic mass is 10.2. The predicted octanol–water partition coefficient (Wildman–Crippen LogP) is 3.20. The van der Waals surface area contributed by atoms with Gasteiger partial charge in [-0.1, -0.05) is 23.7 Å². The number of benzene rings is 1. The zero-order valence-electron chi connectivity index (χ0n) is 5.80. The first-order valence-electron chi connectivity index (χ1n) is 3.06. The zero-order valence-corrected chi connectivity index (χ0v) is 7.38. The first kappa shape index (κ1) is 7.96. The smallest absolute Gasteiger partial charge is 0.0409 e. The van der Waals surface area contributed by atoms with Crippen molar-refractivity contribution in [2.24, 2.45) is 0 Å². The van der Waals surface area contributed by atoms with Gasteiger partial charge in [-0.25, -0.2) is 0 Å². The van der Waals surface area contributed by atoms with E-state index in [1.807, 2.05) is 18.2 Å². The van der Waals surface area contributed by atoms with Crippen LogP contribution in [-0.2, 0) is 5.75 Å². The molecule has 1 aromatic rings. The third-order valence-corrected chi connectivity index (χ3v) is 2.06. The van der Waals surface area contributed by atoms with Gasteiger partial charge >= 0.3 is 0 Å². The van der Waals surface area contributed by atoms with Gasteiger partial charge < -0.3 is 0 Å². The number of thioether (sulfide) groups is 1. The van der Waals surface area contributed by atoms with Crippen LogP contribution >= 0.6 is 23.4 Å². The van der Waals surface area contributed by atoms with Crippen molar-refractivity contribution in [2.75, 3.05) is 6.26 Å². The SMILES string of the molecule is CSCc1cccc(Cl)c1. The van der Waals surface area contributed by atoms with Gasteiger partial charge in [0, 0.05) is 10.8 Å². The Morgan fingerprint density at radius 3 is 2.90 bits per heavy atom. The summed E-state index contributed by atoms with van der Waals surface area (Å²) in [7, 11) is 0. The van der Waals surface area contributed by atoms with E-state index in [2.05, 4.69) is 12.3 Å². The van der Waals surface area contributed by atoms with Gasteiger partial charge in [0.2, 0.25) is 0 Å². The minimum atomic E-state index is 0.826. The van der Waals surface area contributed by atoms with Crippen LogP contribution in [0.25, 0.3) is 0 Å². The summed E-state index contributed by atoms with van der Waals surface area (Å²) in [5.41, 5.74) is 1.29. The topological polar surface area (TPSA) is 0 Å². The molecule has 1 aromatic carbocycles. The molecule has 0 aliphatic carbocycles. The number of rotatable bonds is 2. The molecule has 54 valence electrons. The Morgan fingerprint density at radius 2 is 2.30 bits per heavy atom. The Morgan fingerprint density at radius 1 is 1.50 bits per heavy atom. The second-order valence-electron chi connectivity index (χ2n) is 2.06. The van der Waals surface area contributed by atoms with Gasteiger partial charge in [0.05, 0.1) is 0 Å². The minimum Gasteiger partial charge on any atom is -0.161 e. The Hall–Kier alpha value is -0.140. The molecule has 0 atom stereocenters. The molecule has 1 rings (SSSR count). The highest BCUT2D eigenvalue weighted by Gasteiger charge is 1.90. The maximum absolute atomic E-state index is 5.77. The molecule has 0 N–H and O–H groups in total. The van der Waals surface area contributed by atoms with E-state index in [4.69, 9.17) is 11.6 Å². The highest BCUT2D eigenvalue weighted by Crippen LogP contribution is 2.14. The quantitative estimate of drug-likeness (QED) is 0.660. The summed E-state index contributed by atoms with van der Waals surface area (Å²) in [4.78, 5) is 0. The van der Waals surface area contributed by atoms with Crippen molar-refractivity contribution >= 4 is 23.4 Å². The van der Waals surface area contributed by atoms with E-state index in [-0.39, 0.29) is 0 Å². The molecular weight excluding hydrogens is 164 g/mol. The molecule has 10 heavy (non-hydrogen) atoms. The highest BCUT2D eigenvalue weighted by molar-refractivity contribution is 7.97. The van der Waals surface area contributed by atoms with E-state index in [9.17, 15) is 0 Å². The molecule has 0 spiro atoms. The summed E-state index contributed by atoms with van der Waals surface area (Å²) in [5, 5.41) is 0.826. The van der Waals surface area contributed by atoms with Crippen LogP contribution in [0, 0.1) is 0 Å². The van der Waals surface area contributed by atoms with Crippen LogP contribution in [0.15, 0.2) is 24.3 Å². The molecular formula is C8H9ClS. The maximum atomic E-state index is 5.77. The average molecular weight is 173 g/mol. The van der Waals surface area contributed by atoms with Crippen molar-refractivity contribution in [1.29, 1.82) is 0 Å². The molecule has 0 saturated carbocycles. The molecule has 0 aliphatic rings.